The molecule has 0 saturated heterocycles. The minimum absolute atomic E-state index is 0.139. The largest absolute Gasteiger partial charge is 0.383 e. The van der Waals surface area contributed by atoms with E-state index in [4.69, 9.17) is 4.74 Å². The fourth-order valence-electron chi connectivity index (χ4n) is 1.10. The summed E-state index contributed by atoms with van der Waals surface area (Å²) >= 11 is 3.29. The molecule has 0 spiro atoms. The number of rotatable bonds is 6. The number of hydrogen-bond acceptors (Lipinski definition) is 4. The van der Waals surface area contributed by atoms with Crippen LogP contribution in [0.25, 0.3) is 0 Å². The maximum Gasteiger partial charge on any atom is 0.276 e. The van der Waals surface area contributed by atoms with Gasteiger partial charge in [-0.1, -0.05) is 21.1 Å². The lowest BCUT2D eigenvalue weighted by atomic mass is 10.3. The van der Waals surface area contributed by atoms with E-state index in [2.05, 4.69) is 25.6 Å². The van der Waals surface area contributed by atoms with Gasteiger partial charge in [0.1, 0.15) is 6.26 Å². The molecule has 0 aliphatic heterocycles. The Bertz CT molecular complexity index is 290. The van der Waals surface area contributed by atoms with Crippen LogP contribution in [0.4, 0.5) is 0 Å². The van der Waals surface area contributed by atoms with Crippen molar-refractivity contribution >= 4 is 21.8 Å². The monoisotopic (exact) mass is 276 g/mol. The average Bonchev–Trinajstić information content (AvgIpc) is 2.76. The predicted molar refractivity (Wildman–Crippen MR) is 58.1 cm³/mol. The van der Waals surface area contributed by atoms with Crippen LogP contribution >= 0.6 is 15.9 Å². The number of methoxy groups -OCH3 is 1. The molecule has 1 amide bonds. The van der Waals surface area contributed by atoms with Crippen LogP contribution in [-0.2, 0) is 4.74 Å². The molecule has 0 radical (unpaired) electrons. The van der Waals surface area contributed by atoms with Gasteiger partial charge in [0.2, 0.25) is 0 Å². The van der Waals surface area contributed by atoms with Gasteiger partial charge in [-0.25, -0.2) is 0 Å². The van der Waals surface area contributed by atoms with Gasteiger partial charge in [0.05, 0.1) is 6.61 Å². The zero-order valence-corrected chi connectivity index (χ0v) is 10.1. The Kier molecular flexibility index (Phi) is 5.34. The Balaban J connectivity index is 2.58. The van der Waals surface area contributed by atoms with E-state index < -0.39 is 0 Å². The quantitative estimate of drug-likeness (QED) is 0.732. The third kappa shape index (κ3) is 3.64. The number of amides is 1. The highest BCUT2D eigenvalue weighted by molar-refractivity contribution is 9.09. The highest BCUT2D eigenvalue weighted by atomic mass is 79.9. The van der Waals surface area contributed by atoms with Crippen molar-refractivity contribution in [3.05, 3.63) is 18.0 Å². The highest BCUT2D eigenvalue weighted by Gasteiger charge is 2.17. The highest BCUT2D eigenvalue weighted by Crippen LogP contribution is 2.02. The number of carbonyl (C=O) groups excluding carboxylic acids is 1. The van der Waals surface area contributed by atoms with Gasteiger partial charge in [-0.2, -0.15) is 0 Å². The van der Waals surface area contributed by atoms with Gasteiger partial charge < -0.3 is 14.2 Å². The summed E-state index contributed by atoms with van der Waals surface area (Å²) in [6.45, 7) is 1.68. The Morgan fingerprint density at radius 2 is 2.47 bits per heavy atom. The third-order valence-corrected chi connectivity index (χ3v) is 2.22. The normalized spacial score (nSPS) is 10.3. The van der Waals surface area contributed by atoms with E-state index in [0.29, 0.717) is 25.4 Å². The molecular formula is C9H13BrN2O3. The first-order chi connectivity index (χ1) is 7.29. The fraction of sp³-hybridized carbons (Fsp3) is 0.556. The molecule has 6 heteroatoms. The van der Waals surface area contributed by atoms with Gasteiger partial charge in [-0.15, -0.1) is 0 Å². The SMILES string of the molecule is COCCN(CCBr)C(=O)c1ccon1. The van der Waals surface area contributed by atoms with Crippen molar-refractivity contribution in [3.8, 4) is 0 Å². The number of carbonyl (C=O) groups is 1. The third-order valence-electron chi connectivity index (χ3n) is 1.86. The second-order valence-corrected chi connectivity index (χ2v) is 3.65. The summed E-state index contributed by atoms with van der Waals surface area (Å²) < 4.78 is 9.56. The minimum atomic E-state index is -0.139. The number of alkyl halides is 1. The van der Waals surface area contributed by atoms with Gasteiger partial charge in [-0.05, 0) is 0 Å². The van der Waals surface area contributed by atoms with E-state index >= 15 is 0 Å². The molecule has 0 unspecified atom stereocenters. The summed E-state index contributed by atoms with van der Waals surface area (Å²) in [6, 6.07) is 1.55. The zero-order chi connectivity index (χ0) is 11.1. The van der Waals surface area contributed by atoms with Crippen LogP contribution in [-0.4, -0.2) is 48.1 Å². The first-order valence-electron chi connectivity index (χ1n) is 4.54. The molecule has 0 aliphatic rings. The van der Waals surface area contributed by atoms with Gasteiger partial charge in [-0.3, -0.25) is 4.79 Å². The Morgan fingerprint density at radius 3 is 3.00 bits per heavy atom. The van der Waals surface area contributed by atoms with Crippen molar-refractivity contribution in [3.63, 3.8) is 0 Å². The van der Waals surface area contributed by atoms with Gasteiger partial charge in [0.25, 0.3) is 5.91 Å². The molecule has 15 heavy (non-hydrogen) atoms. The number of hydrogen-bond donors (Lipinski definition) is 0. The van der Waals surface area contributed by atoms with E-state index in [1.54, 1.807) is 18.1 Å². The van der Waals surface area contributed by atoms with Crippen LogP contribution in [0.5, 0.6) is 0 Å². The van der Waals surface area contributed by atoms with Crippen molar-refractivity contribution in [2.75, 3.05) is 32.1 Å². The first-order valence-corrected chi connectivity index (χ1v) is 5.66. The maximum absolute atomic E-state index is 11.8. The molecule has 0 N–H and O–H groups in total. The Morgan fingerprint density at radius 1 is 1.67 bits per heavy atom. The maximum atomic E-state index is 11.8. The predicted octanol–water partition coefficient (Wildman–Crippen LogP) is 1.16. The second kappa shape index (κ2) is 6.58. The Labute approximate surface area is 96.5 Å². The minimum Gasteiger partial charge on any atom is -0.383 e. The van der Waals surface area contributed by atoms with E-state index in [1.165, 1.54) is 6.26 Å². The lowest BCUT2D eigenvalue weighted by Crippen LogP contribution is -2.35. The molecule has 1 aromatic heterocycles. The molecule has 0 aliphatic carbocycles. The summed E-state index contributed by atoms with van der Waals surface area (Å²) in [5, 5.41) is 4.33. The van der Waals surface area contributed by atoms with Crippen LogP contribution in [0.1, 0.15) is 10.5 Å². The van der Waals surface area contributed by atoms with E-state index in [1.807, 2.05) is 0 Å². The van der Waals surface area contributed by atoms with Gasteiger partial charge in [0.15, 0.2) is 5.69 Å². The van der Waals surface area contributed by atoms with E-state index in [-0.39, 0.29) is 5.91 Å². The first kappa shape index (κ1) is 12.2. The van der Waals surface area contributed by atoms with Gasteiger partial charge >= 0.3 is 0 Å². The molecule has 1 rings (SSSR count). The van der Waals surface area contributed by atoms with Crippen LogP contribution in [0.2, 0.25) is 0 Å². The summed E-state index contributed by atoms with van der Waals surface area (Å²) in [7, 11) is 1.60. The molecule has 1 aromatic rings. The molecule has 0 fully saturated rings. The molecular weight excluding hydrogens is 264 g/mol. The Hall–Kier alpha value is -0.880. The van der Waals surface area contributed by atoms with Crippen LogP contribution in [0.15, 0.2) is 16.9 Å². The van der Waals surface area contributed by atoms with E-state index in [0.717, 1.165) is 5.33 Å². The van der Waals surface area contributed by atoms with Crippen molar-refractivity contribution in [2.45, 2.75) is 0 Å². The summed E-state index contributed by atoms with van der Waals surface area (Å²) in [6.07, 6.45) is 1.38. The molecule has 1 heterocycles. The second-order valence-electron chi connectivity index (χ2n) is 2.86. The van der Waals surface area contributed by atoms with Crippen LogP contribution < -0.4 is 0 Å². The summed E-state index contributed by atoms with van der Waals surface area (Å²) in [5.41, 5.74) is 0.326. The molecule has 0 aromatic carbocycles. The standard InChI is InChI=1S/C9H13BrN2O3/c1-14-7-5-12(4-3-10)9(13)8-2-6-15-11-8/h2,6H,3-5,7H2,1H3. The molecule has 5 nitrogen and oxygen atoms in total. The van der Waals surface area contributed by atoms with Gasteiger partial charge in [0, 0.05) is 31.6 Å². The zero-order valence-electron chi connectivity index (χ0n) is 8.48. The lowest BCUT2D eigenvalue weighted by molar-refractivity contribution is 0.0699. The number of halogens is 1. The van der Waals surface area contributed by atoms with Crippen molar-refractivity contribution < 1.29 is 14.1 Å². The lowest BCUT2D eigenvalue weighted by Gasteiger charge is -2.19. The molecule has 0 saturated carbocycles. The van der Waals surface area contributed by atoms with Crippen molar-refractivity contribution in [1.82, 2.24) is 10.1 Å². The van der Waals surface area contributed by atoms with Crippen LogP contribution in [0, 0.1) is 0 Å². The molecule has 0 atom stereocenters. The van der Waals surface area contributed by atoms with E-state index in [9.17, 15) is 4.79 Å². The number of ether oxygens (including phenoxy) is 1. The smallest absolute Gasteiger partial charge is 0.276 e. The number of aromatic nitrogens is 1. The average molecular weight is 277 g/mol. The fourth-order valence-corrected chi connectivity index (χ4v) is 1.53. The van der Waals surface area contributed by atoms with Crippen LogP contribution in [0.3, 0.4) is 0 Å². The summed E-state index contributed by atoms with van der Waals surface area (Å²) in [4.78, 5) is 13.5. The van der Waals surface area contributed by atoms with Crippen molar-refractivity contribution in [1.29, 1.82) is 0 Å². The summed E-state index contributed by atoms with van der Waals surface area (Å²) in [5.74, 6) is -0.139. The number of nitrogens with zero attached hydrogens (tertiary/aromatic N) is 2. The molecule has 84 valence electrons. The van der Waals surface area contributed by atoms with Crippen molar-refractivity contribution in [2.24, 2.45) is 0 Å². The topological polar surface area (TPSA) is 55.6 Å². The molecule has 0 bridgehead atoms.